The van der Waals surface area contributed by atoms with E-state index in [1.54, 1.807) is 12.4 Å². The number of unbranched alkanes of at least 4 members (excludes halogenated alkanes) is 1. The lowest BCUT2D eigenvalue weighted by molar-refractivity contribution is 0.0690. The van der Waals surface area contributed by atoms with E-state index in [4.69, 9.17) is 12.2 Å². The monoisotopic (exact) mass is 402 g/mol. The molecule has 0 unspecified atom stereocenters. The van der Waals surface area contributed by atoms with Crippen molar-refractivity contribution < 1.29 is 4.79 Å². The predicted octanol–water partition coefficient (Wildman–Crippen LogP) is 4.15. The van der Waals surface area contributed by atoms with Gasteiger partial charge in [-0.1, -0.05) is 18.9 Å². The molecule has 0 atom stereocenters. The van der Waals surface area contributed by atoms with Crippen LogP contribution >= 0.6 is 23.6 Å². The molecule has 144 valence electrons. The smallest absolute Gasteiger partial charge is 0.263 e. The zero-order valence-corrected chi connectivity index (χ0v) is 17.0. The molecule has 3 heterocycles. The van der Waals surface area contributed by atoms with E-state index in [0.717, 1.165) is 55.4 Å². The van der Waals surface area contributed by atoms with E-state index in [0.29, 0.717) is 5.11 Å². The maximum atomic E-state index is 12.4. The maximum absolute atomic E-state index is 12.4. The molecule has 1 saturated heterocycles. The normalized spacial score (nSPS) is 14.7. The Morgan fingerprint density at radius 1 is 1.26 bits per heavy atom. The molecule has 1 amide bonds. The summed E-state index contributed by atoms with van der Waals surface area (Å²) in [6.07, 6.45) is 9.24. The van der Waals surface area contributed by atoms with Crippen LogP contribution in [0, 0.1) is 5.92 Å². The molecule has 0 saturated carbocycles. The fourth-order valence-electron chi connectivity index (χ4n) is 3.35. The third kappa shape index (κ3) is 6.29. The Morgan fingerprint density at radius 2 is 2.11 bits per heavy atom. The number of carbonyl (C=O) groups excluding carboxylic acids is 1. The molecule has 2 N–H and O–H groups in total. The molecule has 0 spiro atoms. The van der Waals surface area contributed by atoms with Crippen LogP contribution in [0.3, 0.4) is 0 Å². The van der Waals surface area contributed by atoms with E-state index in [9.17, 15) is 4.79 Å². The van der Waals surface area contributed by atoms with Crippen LogP contribution in [0.25, 0.3) is 0 Å². The summed E-state index contributed by atoms with van der Waals surface area (Å²) in [6, 6.07) is 7.68. The molecule has 1 aliphatic rings. The van der Waals surface area contributed by atoms with Crippen molar-refractivity contribution in [3.8, 4) is 0 Å². The number of rotatable bonds is 7. The Hall–Kier alpha value is -1.99. The highest BCUT2D eigenvalue weighted by Crippen LogP contribution is 2.24. The first-order valence-corrected chi connectivity index (χ1v) is 10.8. The van der Waals surface area contributed by atoms with Gasteiger partial charge in [0.15, 0.2) is 5.11 Å². The number of likely N-dealkylation sites (tertiary alicyclic amines) is 1. The Kier molecular flexibility index (Phi) is 7.59. The SMILES string of the molecule is O=C(c1cccs1)N1CCC(CCCCNC(=S)Nc2cccnc2)CC1. The molecule has 2 aromatic heterocycles. The second-order valence-corrected chi connectivity index (χ2v) is 8.19. The Morgan fingerprint density at radius 3 is 2.81 bits per heavy atom. The van der Waals surface area contributed by atoms with Gasteiger partial charge in [-0.05, 0) is 61.0 Å². The second kappa shape index (κ2) is 10.4. The molecular formula is C20H26N4OS2. The molecule has 1 fully saturated rings. The minimum absolute atomic E-state index is 0.197. The van der Waals surface area contributed by atoms with E-state index in [2.05, 4.69) is 15.6 Å². The van der Waals surface area contributed by atoms with Crippen molar-refractivity contribution in [3.05, 3.63) is 46.9 Å². The fourth-order valence-corrected chi connectivity index (χ4v) is 4.26. The van der Waals surface area contributed by atoms with Crippen LogP contribution < -0.4 is 10.6 Å². The number of pyridine rings is 1. The van der Waals surface area contributed by atoms with Crippen molar-refractivity contribution in [2.45, 2.75) is 32.1 Å². The van der Waals surface area contributed by atoms with Gasteiger partial charge in [0.25, 0.3) is 5.91 Å². The summed E-state index contributed by atoms with van der Waals surface area (Å²) in [5.41, 5.74) is 0.902. The number of carbonyl (C=O) groups is 1. The van der Waals surface area contributed by atoms with Gasteiger partial charge < -0.3 is 15.5 Å². The first kappa shape index (κ1) is 19.8. The minimum Gasteiger partial charge on any atom is -0.362 e. The first-order valence-electron chi connectivity index (χ1n) is 9.50. The highest BCUT2D eigenvalue weighted by Gasteiger charge is 2.23. The zero-order chi connectivity index (χ0) is 18.9. The van der Waals surface area contributed by atoms with E-state index < -0.39 is 0 Å². The van der Waals surface area contributed by atoms with E-state index in [1.807, 2.05) is 34.5 Å². The van der Waals surface area contributed by atoms with Crippen LogP contribution in [0.5, 0.6) is 0 Å². The van der Waals surface area contributed by atoms with Gasteiger partial charge in [0.05, 0.1) is 16.8 Å². The number of nitrogens with zero attached hydrogens (tertiary/aromatic N) is 2. The summed E-state index contributed by atoms with van der Waals surface area (Å²) >= 11 is 6.83. The van der Waals surface area contributed by atoms with Crippen LogP contribution in [-0.2, 0) is 0 Å². The summed E-state index contributed by atoms with van der Waals surface area (Å²) in [7, 11) is 0. The van der Waals surface area contributed by atoms with Crippen molar-refractivity contribution in [2.75, 3.05) is 25.0 Å². The van der Waals surface area contributed by atoms with Crippen molar-refractivity contribution in [2.24, 2.45) is 5.92 Å². The largest absolute Gasteiger partial charge is 0.362 e. The molecule has 27 heavy (non-hydrogen) atoms. The van der Waals surface area contributed by atoms with Gasteiger partial charge in [-0.3, -0.25) is 9.78 Å². The van der Waals surface area contributed by atoms with Gasteiger partial charge in [-0.25, -0.2) is 0 Å². The van der Waals surface area contributed by atoms with Gasteiger partial charge >= 0.3 is 0 Å². The lowest BCUT2D eigenvalue weighted by Gasteiger charge is -2.31. The quantitative estimate of drug-likeness (QED) is 0.538. The summed E-state index contributed by atoms with van der Waals surface area (Å²) in [6.45, 7) is 2.65. The predicted molar refractivity (Wildman–Crippen MR) is 115 cm³/mol. The zero-order valence-electron chi connectivity index (χ0n) is 15.4. The molecule has 1 aliphatic heterocycles. The average Bonchev–Trinajstić information content (AvgIpc) is 3.23. The molecule has 0 radical (unpaired) electrons. The van der Waals surface area contributed by atoms with Gasteiger partial charge in [-0.2, -0.15) is 0 Å². The molecule has 0 aromatic carbocycles. The van der Waals surface area contributed by atoms with E-state index >= 15 is 0 Å². The van der Waals surface area contributed by atoms with Crippen LogP contribution in [0.2, 0.25) is 0 Å². The summed E-state index contributed by atoms with van der Waals surface area (Å²) in [5.74, 6) is 0.931. The number of hydrogen-bond donors (Lipinski definition) is 2. The van der Waals surface area contributed by atoms with Gasteiger partial charge in [-0.15, -0.1) is 11.3 Å². The standard InChI is InChI=1S/C20H26N4OS2/c25-19(18-7-4-14-27-18)24-12-8-16(9-13-24)5-1-2-11-22-20(26)23-17-6-3-10-21-15-17/h3-4,6-7,10,14-16H,1-2,5,8-9,11-13H2,(H2,22,23,26). The molecule has 7 heteroatoms. The molecule has 2 aromatic rings. The second-order valence-electron chi connectivity index (χ2n) is 6.83. The molecule has 5 nitrogen and oxygen atoms in total. The fraction of sp³-hybridized carbons (Fsp3) is 0.450. The van der Waals surface area contributed by atoms with Crippen molar-refractivity contribution >= 4 is 40.3 Å². The number of thiophene rings is 1. The van der Waals surface area contributed by atoms with Crippen LogP contribution in [0.15, 0.2) is 42.0 Å². The Labute approximate surface area is 170 Å². The van der Waals surface area contributed by atoms with Gasteiger partial charge in [0, 0.05) is 25.8 Å². The van der Waals surface area contributed by atoms with Crippen molar-refractivity contribution in [1.82, 2.24) is 15.2 Å². The van der Waals surface area contributed by atoms with Crippen molar-refractivity contribution in [1.29, 1.82) is 0 Å². The molecule has 0 aliphatic carbocycles. The number of hydrogen-bond acceptors (Lipinski definition) is 4. The first-order chi connectivity index (χ1) is 13.2. The minimum atomic E-state index is 0.197. The highest BCUT2D eigenvalue weighted by atomic mass is 32.1. The maximum Gasteiger partial charge on any atom is 0.263 e. The van der Waals surface area contributed by atoms with Gasteiger partial charge in [0.2, 0.25) is 0 Å². The van der Waals surface area contributed by atoms with Crippen LogP contribution in [0.1, 0.15) is 41.8 Å². The van der Waals surface area contributed by atoms with E-state index in [1.165, 1.54) is 24.2 Å². The third-order valence-electron chi connectivity index (χ3n) is 4.88. The lowest BCUT2D eigenvalue weighted by atomic mass is 9.91. The molecule has 0 bridgehead atoms. The van der Waals surface area contributed by atoms with Gasteiger partial charge in [0.1, 0.15) is 0 Å². The Bertz CT molecular complexity index is 713. The molecule has 3 rings (SSSR count). The van der Waals surface area contributed by atoms with E-state index in [-0.39, 0.29) is 5.91 Å². The number of amides is 1. The number of anilines is 1. The topological polar surface area (TPSA) is 57.3 Å². The summed E-state index contributed by atoms with van der Waals surface area (Å²) < 4.78 is 0. The van der Waals surface area contributed by atoms with Crippen LogP contribution in [0.4, 0.5) is 5.69 Å². The summed E-state index contributed by atoms with van der Waals surface area (Å²) in [4.78, 5) is 19.3. The highest BCUT2D eigenvalue weighted by molar-refractivity contribution is 7.80. The number of piperidine rings is 1. The van der Waals surface area contributed by atoms with Crippen molar-refractivity contribution in [3.63, 3.8) is 0 Å². The average molecular weight is 403 g/mol. The van der Waals surface area contributed by atoms with Crippen LogP contribution in [-0.4, -0.2) is 40.5 Å². The number of nitrogens with one attached hydrogen (secondary N) is 2. The molecular weight excluding hydrogens is 376 g/mol. The summed E-state index contributed by atoms with van der Waals surface area (Å²) in [5, 5.41) is 8.98. The third-order valence-corrected chi connectivity index (χ3v) is 5.98. The number of aromatic nitrogens is 1. The Balaban J connectivity index is 1.25. The number of thiocarbonyl (C=S) groups is 1. The lowest BCUT2D eigenvalue weighted by Crippen LogP contribution is -2.38.